The number of aryl methyl sites for hydroxylation is 1. The lowest BCUT2D eigenvalue weighted by atomic mass is 10.2. The highest BCUT2D eigenvalue weighted by Crippen LogP contribution is 2.28. The van der Waals surface area contributed by atoms with Gasteiger partial charge in [0.2, 0.25) is 0 Å². The summed E-state index contributed by atoms with van der Waals surface area (Å²) in [6.45, 7) is 5.74. The zero-order valence-corrected chi connectivity index (χ0v) is 9.72. The van der Waals surface area contributed by atoms with Crippen LogP contribution >= 0.6 is 11.9 Å². The SMILES string of the molecule is Cc1ccc(N)cc1SN1CCOCC1. The van der Waals surface area contributed by atoms with Crippen LogP contribution in [-0.2, 0) is 4.74 Å². The second-order valence-corrected chi connectivity index (χ2v) is 4.80. The first-order valence-corrected chi connectivity index (χ1v) is 5.90. The number of rotatable bonds is 2. The van der Waals surface area contributed by atoms with Crippen LogP contribution in [-0.4, -0.2) is 30.6 Å². The van der Waals surface area contributed by atoms with Crippen LogP contribution in [0.3, 0.4) is 0 Å². The molecular formula is C11H16N2OS. The Balaban J connectivity index is 2.05. The number of nitrogens with zero attached hydrogens (tertiary/aromatic N) is 1. The molecular weight excluding hydrogens is 208 g/mol. The van der Waals surface area contributed by atoms with Crippen molar-refractivity contribution in [3.63, 3.8) is 0 Å². The van der Waals surface area contributed by atoms with Gasteiger partial charge in [0.25, 0.3) is 0 Å². The van der Waals surface area contributed by atoms with Crippen molar-refractivity contribution < 1.29 is 4.74 Å². The third-order valence-electron chi connectivity index (χ3n) is 2.41. The Hall–Kier alpha value is -0.710. The number of hydrogen-bond donors (Lipinski definition) is 1. The molecule has 1 saturated heterocycles. The molecule has 4 heteroatoms. The Morgan fingerprint density at radius 2 is 2.07 bits per heavy atom. The Kier molecular flexibility index (Phi) is 3.51. The van der Waals surface area contributed by atoms with Crippen molar-refractivity contribution in [3.8, 4) is 0 Å². The second-order valence-electron chi connectivity index (χ2n) is 3.66. The quantitative estimate of drug-likeness (QED) is 0.615. The molecule has 0 aromatic heterocycles. The van der Waals surface area contributed by atoms with E-state index in [9.17, 15) is 0 Å². The fourth-order valence-corrected chi connectivity index (χ4v) is 2.50. The van der Waals surface area contributed by atoms with Crippen molar-refractivity contribution in [2.45, 2.75) is 11.8 Å². The number of nitrogens with two attached hydrogens (primary N) is 1. The average Bonchev–Trinajstić information content (AvgIpc) is 2.25. The van der Waals surface area contributed by atoms with E-state index in [1.54, 1.807) is 11.9 Å². The summed E-state index contributed by atoms with van der Waals surface area (Å²) in [6.07, 6.45) is 0. The van der Waals surface area contributed by atoms with Gasteiger partial charge in [-0.05, 0) is 36.6 Å². The summed E-state index contributed by atoms with van der Waals surface area (Å²) in [4.78, 5) is 1.25. The number of ether oxygens (including phenoxy) is 1. The lowest BCUT2D eigenvalue weighted by molar-refractivity contribution is 0.0773. The van der Waals surface area contributed by atoms with E-state index in [0.717, 1.165) is 32.0 Å². The summed E-state index contributed by atoms with van der Waals surface area (Å²) < 4.78 is 7.64. The maximum absolute atomic E-state index is 5.78. The molecule has 82 valence electrons. The summed E-state index contributed by atoms with van der Waals surface area (Å²) >= 11 is 1.78. The van der Waals surface area contributed by atoms with Gasteiger partial charge < -0.3 is 10.5 Å². The van der Waals surface area contributed by atoms with Gasteiger partial charge in [-0.2, -0.15) is 0 Å². The molecule has 1 aromatic rings. The minimum atomic E-state index is 0.828. The minimum absolute atomic E-state index is 0.828. The van der Waals surface area contributed by atoms with Gasteiger partial charge in [-0.1, -0.05) is 6.07 Å². The maximum atomic E-state index is 5.78. The molecule has 0 atom stereocenters. The van der Waals surface area contributed by atoms with Crippen LogP contribution in [0.5, 0.6) is 0 Å². The average molecular weight is 224 g/mol. The van der Waals surface area contributed by atoms with Gasteiger partial charge >= 0.3 is 0 Å². The first-order valence-electron chi connectivity index (χ1n) is 5.12. The van der Waals surface area contributed by atoms with E-state index in [2.05, 4.69) is 17.3 Å². The Bertz CT molecular complexity index is 337. The smallest absolute Gasteiger partial charge is 0.0603 e. The molecule has 0 spiro atoms. The van der Waals surface area contributed by atoms with Gasteiger partial charge in [-0.3, -0.25) is 0 Å². The molecule has 1 aliphatic rings. The first-order chi connectivity index (χ1) is 7.25. The van der Waals surface area contributed by atoms with Crippen LogP contribution in [0.15, 0.2) is 23.1 Å². The van der Waals surface area contributed by atoms with Crippen molar-refractivity contribution in [1.82, 2.24) is 4.31 Å². The molecule has 0 saturated carbocycles. The van der Waals surface area contributed by atoms with Crippen LogP contribution in [0.4, 0.5) is 5.69 Å². The van der Waals surface area contributed by atoms with E-state index in [1.165, 1.54) is 10.5 Å². The summed E-state index contributed by atoms with van der Waals surface area (Å²) in [5.41, 5.74) is 7.88. The normalized spacial score (nSPS) is 17.9. The first kappa shape index (κ1) is 10.8. The number of nitrogen functional groups attached to an aromatic ring is 1. The van der Waals surface area contributed by atoms with Gasteiger partial charge in [0, 0.05) is 23.7 Å². The molecule has 0 amide bonds. The molecule has 1 fully saturated rings. The lowest BCUT2D eigenvalue weighted by Crippen LogP contribution is -2.30. The standard InChI is InChI=1S/C11H16N2OS/c1-9-2-3-10(12)8-11(9)15-13-4-6-14-7-5-13/h2-3,8H,4-7,12H2,1H3. The van der Waals surface area contributed by atoms with E-state index >= 15 is 0 Å². The summed E-state index contributed by atoms with van der Waals surface area (Å²) in [5, 5.41) is 0. The molecule has 2 rings (SSSR count). The zero-order valence-electron chi connectivity index (χ0n) is 8.90. The Labute approximate surface area is 94.7 Å². The monoisotopic (exact) mass is 224 g/mol. The number of hydrogen-bond acceptors (Lipinski definition) is 4. The van der Waals surface area contributed by atoms with Crippen LogP contribution in [0.2, 0.25) is 0 Å². The fraction of sp³-hybridized carbons (Fsp3) is 0.455. The summed E-state index contributed by atoms with van der Waals surface area (Å²) in [6, 6.07) is 6.05. The van der Waals surface area contributed by atoms with Crippen molar-refractivity contribution in [2.75, 3.05) is 32.0 Å². The predicted molar refractivity (Wildman–Crippen MR) is 63.8 cm³/mol. The zero-order chi connectivity index (χ0) is 10.7. The molecule has 1 heterocycles. The van der Waals surface area contributed by atoms with Gasteiger partial charge in [-0.15, -0.1) is 0 Å². The van der Waals surface area contributed by atoms with Crippen molar-refractivity contribution >= 4 is 17.6 Å². The molecule has 15 heavy (non-hydrogen) atoms. The molecule has 0 radical (unpaired) electrons. The highest BCUT2D eigenvalue weighted by molar-refractivity contribution is 7.97. The number of benzene rings is 1. The van der Waals surface area contributed by atoms with Gasteiger partial charge in [0.15, 0.2) is 0 Å². The van der Waals surface area contributed by atoms with Crippen molar-refractivity contribution in [1.29, 1.82) is 0 Å². The van der Waals surface area contributed by atoms with Gasteiger partial charge in [-0.25, -0.2) is 4.31 Å². The van der Waals surface area contributed by atoms with Gasteiger partial charge in [0.05, 0.1) is 13.2 Å². The highest BCUT2D eigenvalue weighted by Gasteiger charge is 2.12. The predicted octanol–water partition coefficient (Wildman–Crippen LogP) is 1.92. The Morgan fingerprint density at radius 1 is 1.33 bits per heavy atom. The van der Waals surface area contributed by atoms with E-state index in [1.807, 2.05) is 12.1 Å². The Morgan fingerprint density at radius 3 is 2.80 bits per heavy atom. The number of anilines is 1. The van der Waals surface area contributed by atoms with E-state index in [0.29, 0.717) is 0 Å². The van der Waals surface area contributed by atoms with E-state index < -0.39 is 0 Å². The molecule has 0 aliphatic carbocycles. The maximum Gasteiger partial charge on any atom is 0.0603 e. The van der Waals surface area contributed by atoms with Gasteiger partial charge in [0.1, 0.15) is 0 Å². The molecule has 1 aromatic carbocycles. The summed E-state index contributed by atoms with van der Waals surface area (Å²) in [7, 11) is 0. The van der Waals surface area contributed by atoms with E-state index in [4.69, 9.17) is 10.5 Å². The fourth-order valence-electron chi connectivity index (χ4n) is 1.49. The number of morpholine rings is 1. The van der Waals surface area contributed by atoms with E-state index in [-0.39, 0.29) is 0 Å². The second kappa shape index (κ2) is 4.88. The minimum Gasteiger partial charge on any atom is -0.399 e. The molecule has 2 N–H and O–H groups in total. The van der Waals surface area contributed by atoms with Crippen LogP contribution in [0.1, 0.15) is 5.56 Å². The highest BCUT2D eigenvalue weighted by atomic mass is 32.2. The lowest BCUT2D eigenvalue weighted by Gasteiger charge is -2.25. The summed E-state index contributed by atoms with van der Waals surface area (Å²) in [5.74, 6) is 0. The largest absolute Gasteiger partial charge is 0.399 e. The van der Waals surface area contributed by atoms with Crippen molar-refractivity contribution in [3.05, 3.63) is 23.8 Å². The third-order valence-corrected chi connectivity index (χ3v) is 3.67. The molecule has 0 bridgehead atoms. The van der Waals surface area contributed by atoms with Crippen LogP contribution in [0.25, 0.3) is 0 Å². The molecule has 1 aliphatic heterocycles. The molecule has 3 nitrogen and oxygen atoms in total. The third kappa shape index (κ3) is 2.87. The topological polar surface area (TPSA) is 38.5 Å². The van der Waals surface area contributed by atoms with Crippen LogP contribution < -0.4 is 5.73 Å². The van der Waals surface area contributed by atoms with Crippen LogP contribution in [0, 0.1) is 6.92 Å². The van der Waals surface area contributed by atoms with Crippen molar-refractivity contribution in [2.24, 2.45) is 0 Å². The molecule has 0 unspecified atom stereocenters.